The first-order chi connectivity index (χ1) is 7.70. The predicted molar refractivity (Wildman–Crippen MR) is 75.6 cm³/mol. The minimum absolute atomic E-state index is 0. The Labute approximate surface area is 111 Å². The van der Waals surface area contributed by atoms with Gasteiger partial charge in [0.05, 0.1) is 0 Å². The molecule has 3 heteroatoms. The zero-order chi connectivity index (χ0) is 11.5. The molecule has 0 spiro atoms. The number of likely N-dealkylation sites (tertiary alicyclic amines) is 1. The van der Waals surface area contributed by atoms with E-state index >= 15 is 0 Å². The number of halogens is 1. The van der Waals surface area contributed by atoms with E-state index in [9.17, 15) is 0 Å². The number of hydrogen-bond donors (Lipinski definition) is 1. The van der Waals surface area contributed by atoms with Crippen LogP contribution >= 0.6 is 12.4 Å². The maximum Gasteiger partial charge on any atom is 0.0239 e. The van der Waals surface area contributed by atoms with Gasteiger partial charge in [-0.3, -0.25) is 4.90 Å². The third-order valence-electron chi connectivity index (χ3n) is 3.73. The summed E-state index contributed by atoms with van der Waals surface area (Å²) in [6, 6.07) is 6.55. The van der Waals surface area contributed by atoms with Gasteiger partial charge >= 0.3 is 0 Å². The van der Waals surface area contributed by atoms with E-state index in [1.165, 1.54) is 36.2 Å². The van der Waals surface area contributed by atoms with Gasteiger partial charge in [0.2, 0.25) is 0 Å². The smallest absolute Gasteiger partial charge is 0.0239 e. The molecule has 0 radical (unpaired) electrons. The molecule has 1 aliphatic heterocycles. The zero-order valence-electron chi connectivity index (χ0n) is 10.8. The SMILES string of the molecule is Cc1cccc(C)c1CN1CCC(CN)C1.Cl. The average Bonchev–Trinajstić information content (AvgIpc) is 2.71. The molecule has 1 aromatic carbocycles. The number of nitrogens with two attached hydrogens (primary N) is 1. The molecule has 0 bridgehead atoms. The number of benzene rings is 1. The summed E-state index contributed by atoms with van der Waals surface area (Å²) in [7, 11) is 0. The third-order valence-corrected chi connectivity index (χ3v) is 3.73. The van der Waals surface area contributed by atoms with Crippen molar-refractivity contribution < 1.29 is 0 Å². The average molecular weight is 255 g/mol. The summed E-state index contributed by atoms with van der Waals surface area (Å²) in [6.45, 7) is 8.72. The number of aryl methyl sites for hydroxylation is 2. The lowest BCUT2D eigenvalue weighted by Crippen LogP contribution is -2.23. The highest BCUT2D eigenvalue weighted by molar-refractivity contribution is 5.85. The van der Waals surface area contributed by atoms with Crippen LogP contribution in [0.5, 0.6) is 0 Å². The first-order valence-corrected chi connectivity index (χ1v) is 6.18. The fourth-order valence-electron chi connectivity index (χ4n) is 2.57. The lowest BCUT2D eigenvalue weighted by molar-refractivity contribution is 0.316. The molecular formula is C14H23ClN2. The Kier molecular flexibility index (Phi) is 5.44. The van der Waals surface area contributed by atoms with Crippen molar-refractivity contribution in [2.24, 2.45) is 11.7 Å². The fraction of sp³-hybridized carbons (Fsp3) is 0.571. The highest BCUT2D eigenvalue weighted by Crippen LogP contribution is 2.21. The van der Waals surface area contributed by atoms with E-state index in [-0.39, 0.29) is 12.4 Å². The number of hydrogen-bond acceptors (Lipinski definition) is 2. The van der Waals surface area contributed by atoms with Crippen LogP contribution in [-0.4, -0.2) is 24.5 Å². The van der Waals surface area contributed by atoms with Crippen LogP contribution in [0, 0.1) is 19.8 Å². The first-order valence-electron chi connectivity index (χ1n) is 6.18. The van der Waals surface area contributed by atoms with Crippen molar-refractivity contribution in [3.63, 3.8) is 0 Å². The third kappa shape index (κ3) is 3.44. The molecule has 2 nitrogen and oxygen atoms in total. The van der Waals surface area contributed by atoms with Crippen molar-refractivity contribution in [3.8, 4) is 0 Å². The van der Waals surface area contributed by atoms with Crippen molar-refractivity contribution >= 4 is 12.4 Å². The standard InChI is InChI=1S/C14H22N2.ClH/c1-11-4-3-5-12(2)14(11)10-16-7-6-13(8-15)9-16;/h3-5,13H,6-10,15H2,1-2H3;1H. The molecule has 17 heavy (non-hydrogen) atoms. The quantitative estimate of drug-likeness (QED) is 0.898. The van der Waals surface area contributed by atoms with Crippen molar-refractivity contribution in [1.29, 1.82) is 0 Å². The molecule has 1 saturated heterocycles. The molecule has 0 amide bonds. The summed E-state index contributed by atoms with van der Waals surface area (Å²) in [4.78, 5) is 2.53. The van der Waals surface area contributed by atoms with Gasteiger partial charge in [-0.25, -0.2) is 0 Å². The van der Waals surface area contributed by atoms with Crippen LogP contribution in [0.25, 0.3) is 0 Å². The minimum Gasteiger partial charge on any atom is -0.330 e. The summed E-state index contributed by atoms with van der Waals surface area (Å²) in [5, 5.41) is 0. The molecule has 1 aliphatic rings. The van der Waals surface area contributed by atoms with Gasteiger partial charge < -0.3 is 5.73 Å². The van der Waals surface area contributed by atoms with Crippen molar-refractivity contribution in [2.75, 3.05) is 19.6 Å². The number of nitrogens with zero attached hydrogens (tertiary/aromatic N) is 1. The van der Waals surface area contributed by atoms with E-state index in [1.807, 2.05) is 0 Å². The topological polar surface area (TPSA) is 29.3 Å². The molecule has 1 heterocycles. The zero-order valence-corrected chi connectivity index (χ0v) is 11.6. The van der Waals surface area contributed by atoms with Gasteiger partial charge in [0, 0.05) is 13.1 Å². The second-order valence-corrected chi connectivity index (χ2v) is 5.00. The van der Waals surface area contributed by atoms with E-state index in [1.54, 1.807) is 0 Å². The van der Waals surface area contributed by atoms with Crippen LogP contribution in [-0.2, 0) is 6.54 Å². The summed E-state index contributed by atoms with van der Waals surface area (Å²) in [5.41, 5.74) is 10.0. The highest BCUT2D eigenvalue weighted by Gasteiger charge is 2.21. The van der Waals surface area contributed by atoms with Crippen LogP contribution < -0.4 is 5.73 Å². The van der Waals surface area contributed by atoms with Crippen molar-refractivity contribution in [2.45, 2.75) is 26.8 Å². The van der Waals surface area contributed by atoms with Gasteiger partial charge in [0.15, 0.2) is 0 Å². The van der Waals surface area contributed by atoms with Crippen LogP contribution in [0.4, 0.5) is 0 Å². The van der Waals surface area contributed by atoms with Crippen LogP contribution in [0.1, 0.15) is 23.1 Å². The molecule has 0 saturated carbocycles. The Hall–Kier alpha value is -0.570. The predicted octanol–water partition coefficient (Wildman–Crippen LogP) is 2.51. The molecule has 0 aliphatic carbocycles. The van der Waals surface area contributed by atoms with Crippen LogP contribution in [0.2, 0.25) is 0 Å². The van der Waals surface area contributed by atoms with Gasteiger partial charge in [-0.2, -0.15) is 0 Å². The minimum atomic E-state index is 0. The maximum absolute atomic E-state index is 5.72. The van der Waals surface area contributed by atoms with Gasteiger partial charge in [-0.1, -0.05) is 18.2 Å². The van der Waals surface area contributed by atoms with Gasteiger partial charge in [0.25, 0.3) is 0 Å². The molecule has 1 fully saturated rings. The summed E-state index contributed by atoms with van der Waals surface area (Å²) in [6.07, 6.45) is 1.27. The van der Waals surface area contributed by atoms with E-state index in [2.05, 4.69) is 36.9 Å². The Balaban J connectivity index is 0.00000144. The summed E-state index contributed by atoms with van der Waals surface area (Å²) < 4.78 is 0. The first kappa shape index (κ1) is 14.5. The van der Waals surface area contributed by atoms with E-state index < -0.39 is 0 Å². The largest absolute Gasteiger partial charge is 0.330 e. The monoisotopic (exact) mass is 254 g/mol. The van der Waals surface area contributed by atoms with E-state index in [0.717, 1.165) is 13.1 Å². The highest BCUT2D eigenvalue weighted by atomic mass is 35.5. The summed E-state index contributed by atoms with van der Waals surface area (Å²) >= 11 is 0. The van der Waals surface area contributed by atoms with Crippen LogP contribution in [0.15, 0.2) is 18.2 Å². The Bertz CT molecular complexity index is 345. The van der Waals surface area contributed by atoms with Gasteiger partial charge in [-0.05, 0) is 56.0 Å². The number of rotatable bonds is 3. The molecule has 1 aromatic rings. The van der Waals surface area contributed by atoms with Gasteiger partial charge in [0.1, 0.15) is 0 Å². The maximum atomic E-state index is 5.72. The van der Waals surface area contributed by atoms with Crippen molar-refractivity contribution in [1.82, 2.24) is 4.90 Å². The summed E-state index contributed by atoms with van der Waals surface area (Å²) in [5.74, 6) is 0.712. The molecule has 0 aromatic heterocycles. The molecular weight excluding hydrogens is 232 g/mol. The van der Waals surface area contributed by atoms with Crippen molar-refractivity contribution in [3.05, 3.63) is 34.9 Å². The molecule has 1 atom stereocenters. The molecule has 1 unspecified atom stereocenters. The lowest BCUT2D eigenvalue weighted by atomic mass is 10.0. The second-order valence-electron chi connectivity index (χ2n) is 5.00. The fourth-order valence-corrected chi connectivity index (χ4v) is 2.57. The normalized spacial score (nSPS) is 20.3. The molecule has 96 valence electrons. The van der Waals surface area contributed by atoms with Crippen LogP contribution in [0.3, 0.4) is 0 Å². The second kappa shape index (κ2) is 6.39. The Morgan fingerprint density at radius 3 is 2.47 bits per heavy atom. The Morgan fingerprint density at radius 1 is 1.29 bits per heavy atom. The molecule has 2 N–H and O–H groups in total. The van der Waals surface area contributed by atoms with E-state index in [0.29, 0.717) is 5.92 Å². The Morgan fingerprint density at radius 2 is 1.94 bits per heavy atom. The van der Waals surface area contributed by atoms with E-state index in [4.69, 9.17) is 5.73 Å². The molecule has 2 rings (SSSR count). The van der Waals surface area contributed by atoms with Gasteiger partial charge in [-0.15, -0.1) is 12.4 Å². The lowest BCUT2D eigenvalue weighted by Gasteiger charge is -2.19.